The molecular weight excluding hydrogens is 262 g/mol. The van der Waals surface area contributed by atoms with E-state index >= 15 is 0 Å². The van der Waals surface area contributed by atoms with E-state index in [-0.39, 0.29) is 12.1 Å². The van der Waals surface area contributed by atoms with Crippen LogP contribution in [0.2, 0.25) is 0 Å². The van der Waals surface area contributed by atoms with Gasteiger partial charge in [-0.15, -0.1) is 0 Å². The minimum Gasteiger partial charge on any atom is -0.394 e. The van der Waals surface area contributed by atoms with Gasteiger partial charge >= 0.3 is 0 Å². The number of rotatable bonds is 5. The molecule has 0 amide bonds. The third-order valence-electron chi connectivity index (χ3n) is 4.78. The number of aromatic nitrogens is 2. The average molecular weight is 287 g/mol. The van der Waals surface area contributed by atoms with E-state index in [9.17, 15) is 5.11 Å². The van der Waals surface area contributed by atoms with Crippen LogP contribution < -0.4 is 5.32 Å². The van der Waals surface area contributed by atoms with Crippen LogP contribution in [0.1, 0.15) is 44.7 Å². The molecule has 0 saturated heterocycles. The lowest BCUT2D eigenvalue weighted by Crippen LogP contribution is -2.49. The van der Waals surface area contributed by atoms with Gasteiger partial charge < -0.3 is 10.4 Å². The number of hydrogen-bond donors (Lipinski definition) is 2. The summed E-state index contributed by atoms with van der Waals surface area (Å²) in [5.41, 5.74) is 2.18. The van der Waals surface area contributed by atoms with Crippen LogP contribution in [-0.4, -0.2) is 27.0 Å². The number of benzene rings is 1. The van der Waals surface area contributed by atoms with Gasteiger partial charge in [0.2, 0.25) is 0 Å². The van der Waals surface area contributed by atoms with Crippen LogP contribution in [-0.2, 0) is 13.1 Å². The number of fused-ring (bicyclic) bond motifs is 1. The second-order valence-corrected chi connectivity index (χ2v) is 6.13. The fourth-order valence-electron chi connectivity index (χ4n) is 3.46. The lowest BCUT2D eigenvalue weighted by atomic mass is 9.82. The zero-order valence-corrected chi connectivity index (χ0v) is 12.8. The minimum absolute atomic E-state index is 0.102. The van der Waals surface area contributed by atoms with Crippen LogP contribution in [0.3, 0.4) is 0 Å². The number of nitrogens with zero attached hydrogens (tertiary/aromatic N) is 2. The average Bonchev–Trinajstić information content (AvgIpc) is 2.92. The van der Waals surface area contributed by atoms with Crippen LogP contribution in [0.15, 0.2) is 24.3 Å². The van der Waals surface area contributed by atoms with Gasteiger partial charge in [-0.05, 0) is 25.8 Å². The number of nitrogens with one attached hydrogen (secondary N) is 1. The molecule has 3 rings (SSSR count). The molecule has 1 heterocycles. The third kappa shape index (κ3) is 2.83. The summed E-state index contributed by atoms with van der Waals surface area (Å²) < 4.78 is 2.05. The molecule has 2 N–H and O–H groups in total. The molecule has 4 nitrogen and oxygen atoms in total. The summed E-state index contributed by atoms with van der Waals surface area (Å²) in [4.78, 5) is 0. The van der Waals surface area contributed by atoms with Crippen molar-refractivity contribution in [1.29, 1.82) is 0 Å². The van der Waals surface area contributed by atoms with Crippen LogP contribution in [0.5, 0.6) is 0 Å². The zero-order valence-electron chi connectivity index (χ0n) is 12.8. The van der Waals surface area contributed by atoms with Gasteiger partial charge in [-0.2, -0.15) is 5.10 Å². The molecule has 0 aliphatic heterocycles. The van der Waals surface area contributed by atoms with Crippen molar-refractivity contribution < 1.29 is 5.11 Å². The maximum Gasteiger partial charge on any atom is 0.0841 e. The molecule has 1 saturated carbocycles. The molecule has 0 bridgehead atoms. The lowest BCUT2D eigenvalue weighted by Gasteiger charge is -2.36. The van der Waals surface area contributed by atoms with Crippen molar-refractivity contribution in [2.75, 3.05) is 6.61 Å². The number of aryl methyl sites for hydroxylation is 1. The molecule has 21 heavy (non-hydrogen) atoms. The highest BCUT2D eigenvalue weighted by atomic mass is 16.3. The van der Waals surface area contributed by atoms with E-state index in [0.717, 1.165) is 31.6 Å². The Morgan fingerprint density at radius 2 is 2.00 bits per heavy atom. The predicted molar refractivity (Wildman–Crippen MR) is 85.1 cm³/mol. The highest BCUT2D eigenvalue weighted by molar-refractivity contribution is 5.81. The Labute approximate surface area is 126 Å². The van der Waals surface area contributed by atoms with Crippen LogP contribution in [0.25, 0.3) is 10.9 Å². The van der Waals surface area contributed by atoms with Crippen molar-refractivity contribution in [1.82, 2.24) is 15.1 Å². The Balaban J connectivity index is 1.81. The van der Waals surface area contributed by atoms with Crippen LogP contribution in [0, 0.1) is 0 Å². The first kappa shape index (κ1) is 14.5. The molecule has 1 aromatic carbocycles. The molecule has 1 aromatic heterocycles. The summed E-state index contributed by atoms with van der Waals surface area (Å²) in [5, 5.41) is 19.3. The van der Waals surface area contributed by atoms with E-state index < -0.39 is 0 Å². The van der Waals surface area contributed by atoms with E-state index in [4.69, 9.17) is 5.10 Å². The first-order valence-electron chi connectivity index (χ1n) is 8.08. The van der Waals surface area contributed by atoms with E-state index in [1.807, 2.05) is 0 Å². The monoisotopic (exact) mass is 287 g/mol. The van der Waals surface area contributed by atoms with E-state index in [0.29, 0.717) is 0 Å². The molecule has 114 valence electrons. The van der Waals surface area contributed by atoms with Gasteiger partial charge in [0.05, 0.1) is 17.8 Å². The topological polar surface area (TPSA) is 50.1 Å². The summed E-state index contributed by atoms with van der Waals surface area (Å²) in [5.74, 6) is 0. The summed E-state index contributed by atoms with van der Waals surface area (Å²) >= 11 is 0. The second kappa shape index (κ2) is 6.16. The van der Waals surface area contributed by atoms with E-state index in [2.05, 4.69) is 41.2 Å². The summed E-state index contributed by atoms with van der Waals surface area (Å²) in [7, 11) is 0. The van der Waals surface area contributed by atoms with Crippen molar-refractivity contribution in [2.45, 2.75) is 57.7 Å². The summed E-state index contributed by atoms with van der Waals surface area (Å²) in [6.07, 6.45) is 5.83. The first-order valence-corrected chi connectivity index (χ1v) is 8.08. The van der Waals surface area contributed by atoms with E-state index in [1.165, 1.54) is 30.2 Å². The standard InChI is InChI=1S/C17H25N3O/c1-2-20-16-9-5-4-8-14(16)15(19-20)12-18-17(13-21)10-6-3-7-11-17/h4-5,8-9,18,21H,2-3,6-7,10-13H2,1H3. The zero-order chi connectivity index (χ0) is 14.7. The Morgan fingerprint density at radius 3 is 2.71 bits per heavy atom. The third-order valence-corrected chi connectivity index (χ3v) is 4.78. The van der Waals surface area contributed by atoms with Gasteiger partial charge in [0, 0.05) is 24.0 Å². The van der Waals surface area contributed by atoms with Gasteiger partial charge in [-0.25, -0.2) is 0 Å². The van der Waals surface area contributed by atoms with Crippen LogP contribution in [0.4, 0.5) is 0 Å². The molecule has 1 fully saturated rings. The fraction of sp³-hybridized carbons (Fsp3) is 0.588. The van der Waals surface area contributed by atoms with E-state index in [1.54, 1.807) is 0 Å². The Kier molecular flexibility index (Phi) is 4.27. The van der Waals surface area contributed by atoms with Gasteiger partial charge in [-0.3, -0.25) is 4.68 Å². The molecule has 2 aromatic rings. The fourth-order valence-corrected chi connectivity index (χ4v) is 3.46. The summed E-state index contributed by atoms with van der Waals surface area (Å²) in [6.45, 7) is 3.95. The van der Waals surface area contributed by atoms with Gasteiger partial charge in [0.25, 0.3) is 0 Å². The molecule has 0 unspecified atom stereocenters. The molecule has 1 aliphatic rings. The molecule has 4 heteroatoms. The molecule has 1 aliphatic carbocycles. The number of hydrogen-bond acceptors (Lipinski definition) is 3. The second-order valence-electron chi connectivity index (χ2n) is 6.13. The maximum atomic E-state index is 9.80. The Morgan fingerprint density at radius 1 is 1.24 bits per heavy atom. The number of aliphatic hydroxyl groups excluding tert-OH is 1. The molecule has 0 spiro atoms. The highest BCUT2D eigenvalue weighted by Crippen LogP contribution is 2.28. The highest BCUT2D eigenvalue weighted by Gasteiger charge is 2.31. The minimum atomic E-state index is -0.102. The smallest absolute Gasteiger partial charge is 0.0841 e. The Hall–Kier alpha value is -1.39. The normalized spacial score (nSPS) is 18.2. The number of para-hydroxylation sites is 1. The van der Waals surface area contributed by atoms with Gasteiger partial charge in [0.1, 0.15) is 0 Å². The maximum absolute atomic E-state index is 9.80. The van der Waals surface area contributed by atoms with Crippen molar-refractivity contribution in [3.8, 4) is 0 Å². The van der Waals surface area contributed by atoms with Crippen LogP contribution >= 0.6 is 0 Å². The van der Waals surface area contributed by atoms with Gasteiger partial charge in [-0.1, -0.05) is 37.5 Å². The quantitative estimate of drug-likeness (QED) is 0.889. The van der Waals surface area contributed by atoms with Crippen molar-refractivity contribution >= 4 is 10.9 Å². The molecule has 0 atom stereocenters. The molecule has 0 radical (unpaired) electrons. The molecular formula is C17H25N3O. The predicted octanol–water partition coefficient (Wildman–Crippen LogP) is 2.84. The Bertz CT molecular complexity index is 599. The number of aliphatic hydroxyl groups is 1. The SMILES string of the molecule is CCn1nc(CNC2(CO)CCCCC2)c2ccccc21. The van der Waals surface area contributed by atoms with Gasteiger partial charge in [0.15, 0.2) is 0 Å². The van der Waals surface area contributed by atoms with Crippen molar-refractivity contribution in [3.05, 3.63) is 30.0 Å². The van der Waals surface area contributed by atoms with Crippen molar-refractivity contribution in [2.24, 2.45) is 0 Å². The largest absolute Gasteiger partial charge is 0.394 e. The summed E-state index contributed by atoms with van der Waals surface area (Å²) in [6, 6.07) is 8.38. The first-order chi connectivity index (χ1) is 10.3. The van der Waals surface area contributed by atoms with Crippen molar-refractivity contribution in [3.63, 3.8) is 0 Å². The lowest BCUT2D eigenvalue weighted by molar-refractivity contribution is 0.119.